The smallest absolute Gasteiger partial charge is 0.266 e. The largest absolute Gasteiger partial charge is 0.420 e. The average molecular weight is 250 g/mol. The van der Waals surface area contributed by atoms with Crippen molar-refractivity contribution in [3.63, 3.8) is 0 Å². The third-order valence-corrected chi connectivity index (χ3v) is 3.14. The molecule has 5 nitrogen and oxygen atoms in total. The minimum Gasteiger partial charge on any atom is -0.420 e. The maximum atomic E-state index is 5.41. The molecule has 0 fully saturated rings. The van der Waals surface area contributed by atoms with E-state index in [1.807, 2.05) is 24.3 Å². The van der Waals surface area contributed by atoms with Crippen LogP contribution in [0, 0.1) is 6.92 Å². The van der Waals surface area contributed by atoms with Crippen LogP contribution < -0.4 is 0 Å². The Bertz CT molecular complexity index is 891. The van der Waals surface area contributed by atoms with Gasteiger partial charge in [0.1, 0.15) is 5.69 Å². The fourth-order valence-corrected chi connectivity index (χ4v) is 2.27. The molecule has 1 N–H and O–H groups in total. The summed E-state index contributed by atoms with van der Waals surface area (Å²) in [5.41, 5.74) is 2.79. The van der Waals surface area contributed by atoms with Gasteiger partial charge in [-0.3, -0.25) is 0 Å². The second-order valence-corrected chi connectivity index (χ2v) is 4.41. The molecule has 92 valence electrons. The molecule has 3 heterocycles. The van der Waals surface area contributed by atoms with E-state index in [-0.39, 0.29) is 0 Å². The average Bonchev–Trinajstić information content (AvgIpc) is 3.01. The summed E-state index contributed by atoms with van der Waals surface area (Å²) >= 11 is 0. The molecule has 0 radical (unpaired) electrons. The Balaban J connectivity index is 2.02. The lowest BCUT2D eigenvalue weighted by Crippen LogP contribution is -1.83. The fourth-order valence-electron chi connectivity index (χ4n) is 2.27. The van der Waals surface area contributed by atoms with Crippen molar-refractivity contribution >= 4 is 21.8 Å². The van der Waals surface area contributed by atoms with E-state index in [0.29, 0.717) is 17.5 Å². The van der Waals surface area contributed by atoms with Gasteiger partial charge in [-0.15, -0.1) is 10.2 Å². The first-order chi connectivity index (χ1) is 9.31. The number of benzene rings is 1. The molecule has 1 aromatic carbocycles. The molecule has 0 atom stereocenters. The number of hydrogen-bond acceptors (Lipinski definition) is 4. The molecule has 0 amide bonds. The number of aromatic amines is 1. The number of fused-ring (bicyclic) bond motifs is 3. The van der Waals surface area contributed by atoms with Gasteiger partial charge in [-0.25, -0.2) is 4.98 Å². The number of rotatable bonds is 1. The molecule has 0 aliphatic rings. The van der Waals surface area contributed by atoms with Crippen molar-refractivity contribution in [2.24, 2.45) is 0 Å². The maximum Gasteiger partial charge on any atom is 0.266 e. The second-order valence-electron chi connectivity index (χ2n) is 4.41. The molecule has 0 saturated carbocycles. The summed E-state index contributed by atoms with van der Waals surface area (Å²) < 4.78 is 5.41. The summed E-state index contributed by atoms with van der Waals surface area (Å²) in [6.45, 7) is 1.76. The van der Waals surface area contributed by atoms with Crippen LogP contribution in [0.4, 0.5) is 0 Å². The summed E-state index contributed by atoms with van der Waals surface area (Å²) in [5, 5.41) is 10.1. The lowest BCUT2D eigenvalue weighted by Gasteiger charge is -1.95. The summed E-state index contributed by atoms with van der Waals surface area (Å²) in [7, 11) is 0. The molecule has 0 bridgehead atoms. The number of aryl methyl sites for hydroxylation is 1. The van der Waals surface area contributed by atoms with Gasteiger partial charge in [-0.1, -0.05) is 18.2 Å². The van der Waals surface area contributed by atoms with Crippen LogP contribution in [0.2, 0.25) is 0 Å². The van der Waals surface area contributed by atoms with Gasteiger partial charge in [-0.05, 0) is 12.1 Å². The Labute approximate surface area is 108 Å². The zero-order valence-corrected chi connectivity index (χ0v) is 10.2. The third kappa shape index (κ3) is 1.52. The predicted molar refractivity (Wildman–Crippen MR) is 71.6 cm³/mol. The standard InChI is InChI=1S/C14H10N4O/c1-8-17-18-14(19-8)12-6-10-9-4-2-3-5-11(9)16-13(10)7-15-12/h2-7,16H,1H3. The molecule has 0 spiro atoms. The molecule has 0 aliphatic carbocycles. The first-order valence-electron chi connectivity index (χ1n) is 5.98. The van der Waals surface area contributed by atoms with Crippen molar-refractivity contribution in [1.29, 1.82) is 0 Å². The van der Waals surface area contributed by atoms with Crippen LogP contribution in [-0.2, 0) is 0 Å². The molecule has 4 rings (SSSR count). The number of para-hydroxylation sites is 1. The summed E-state index contributed by atoms with van der Waals surface area (Å²) in [6.07, 6.45) is 1.80. The zero-order valence-electron chi connectivity index (χ0n) is 10.2. The lowest BCUT2D eigenvalue weighted by molar-refractivity contribution is 0.531. The zero-order chi connectivity index (χ0) is 12.8. The summed E-state index contributed by atoms with van der Waals surface area (Å²) in [5.74, 6) is 0.987. The predicted octanol–water partition coefficient (Wildman–Crippen LogP) is 3.07. The van der Waals surface area contributed by atoms with E-state index in [1.165, 1.54) is 0 Å². The molecule has 0 aliphatic heterocycles. The topological polar surface area (TPSA) is 67.6 Å². The highest BCUT2D eigenvalue weighted by Crippen LogP contribution is 2.27. The highest BCUT2D eigenvalue weighted by atomic mass is 16.4. The minimum atomic E-state index is 0.449. The van der Waals surface area contributed by atoms with E-state index < -0.39 is 0 Å². The highest BCUT2D eigenvalue weighted by molar-refractivity contribution is 6.07. The van der Waals surface area contributed by atoms with Gasteiger partial charge < -0.3 is 9.40 Å². The van der Waals surface area contributed by atoms with Gasteiger partial charge in [0.05, 0.1) is 11.7 Å². The monoisotopic (exact) mass is 250 g/mol. The molecule has 4 aromatic rings. The van der Waals surface area contributed by atoms with Crippen molar-refractivity contribution in [2.75, 3.05) is 0 Å². The number of nitrogens with zero attached hydrogens (tertiary/aromatic N) is 3. The molecule has 0 saturated heterocycles. The van der Waals surface area contributed by atoms with Gasteiger partial charge in [-0.2, -0.15) is 0 Å². The van der Waals surface area contributed by atoms with Gasteiger partial charge in [0, 0.05) is 23.2 Å². The van der Waals surface area contributed by atoms with Crippen LogP contribution in [0.15, 0.2) is 40.9 Å². The quantitative estimate of drug-likeness (QED) is 0.563. The Morgan fingerprint density at radius 2 is 1.95 bits per heavy atom. The van der Waals surface area contributed by atoms with Crippen LogP contribution >= 0.6 is 0 Å². The first kappa shape index (κ1) is 10.3. The molecule has 19 heavy (non-hydrogen) atoms. The van der Waals surface area contributed by atoms with E-state index in [0.717, 1.165) is 21.8 Å². The Kier molecular flexibility index (Phi) is 1.97. The number of nitrogens with one attached hydrogen (secondary N) is 1. The van der Waals surface area contributed by atoms with Crippen molar-refractivity contribution < 1.29 is 4.42 Å². The van der Waals surface area contributed by atoms with Gasteiger partial charge in [0.15, 0.2) is 0 Å². The van der Waals surface area contributed by atoms with Crippen LogP contribution in [0.5, 0.6) is 0 Å². The van der Waals surface area contributed by atoms with E-state index >= 15 is 0 Å². The van der Waals surface area contributed by atoms with Crippen molar-refractivity contribution in [3.8, 4) is 11.6 Å². The second kappa shape index (κ2) is 3.65. The number of H-pyrrole nitrogens is 1. The molecule has 0 unspecified atom stereocenters. The number of aromatic nitrogens is 4. The third-order valence-electron chi connectivity index (χ3n) is 3.14. The molecule has 3 aromatic heterocycles. The first-order valence-corrected chi connectivity index (χ1v) is 5.98. The number of hydrogen-bond donors (Lipinski definition) is 1. The van der Waals surface area contributed by atoms with Crippen LogP contribution in [-0.4, -0.2) is 20.2 Å². The lowest BCUT2D eigenvalue weighted by atomic mass is 10.1. The Hall–Kier alpha value is -2.69. The Morgan fingerprint density at radius 3 is 2.79 bits per heavy atom. The van der Waals surface area contributed by atoms with E-state index in [9.17, 15) is 0 Å². The summed E-state index contributed by atoms with van der Waals surface area (Å²) in [4.78, 5) is 7.69. The van der Waals surface area contributed by atoms with Crippen molar-refractivity contribution in [1.82, 2.24) is 20.2 Å². The van der Waals surface area contributed by atoms with Crippen LogP contribution in [0.25, 0.3) is 33.4 Å². The minimum absolute atomic E-state index is 0.449. The highest BCUT2D eigenvalue weighted by Gasteiger charge is 2.10. The maximum absolute atomic E-state index is 5.41. The van der Waals surface area contributed by atoms with Gasteiger partial charge >= 0.3 is 0 Å². The van der Waals surface area contributed by atoms with E-state index in [2.05, 4.69) is 26.2 Å². The van der Waals surface area contributed by atoms with Crippen LogP contribution in [0.1, 0.15) is 5.89 Å². The van der Waals surface area contributed by atoms with Crippen molar-refractivity contribution in [3.05, 3.63) is 42.4 Å². The van der Waals surface area contributed by atoms with E-state index in [1.54, 1.807) is 13.1 Å². The Morgan fingerprint density at radius 1 is 1.05 bits per heavy atom. The summed E-state index contributed by atoms with van der Waals surface area (Å²) in [6, 6.07) is 10.1. The normalized spacial score (nSPS) is 11.4. The SMILES string of the molecule is Cc1nnc(-c2cc3c(cn2)[nH]c2ccccc23)o1. The fraction of sp³-hybridized carbons (Fsp3) is 0.0714. The number of pyridine rings is 1. The molecular formula is C14H10N4O. The van der Waals surface area contributed by atoms with Gasteiger partial charge in [0.2, 0.25) is 5.89 Å². The van der Waals surface area contributed by atoms with Crippen LogP contribution in [0.3, 0.4) is 0 Å². The van der Waals surface area contributed by atoms with E-state index in [4.69, 9.17) is 4.42 Å². The van der Waals surface area contributed by atoms with Gasteiger partial charge in [0.25, 0.3) is 5.89 Å². The molecule has 5 heteroatoms. The van der Waals surface area contributed by atoms with Crippen molar-refractivity contribution in [2.45, 2.75) is 6.92 Å². The molecular weight excluding hydrogens is 240 g/mol.